The first-order valence-corrected chi connectivity index (χ1v) is 15.7. The van der Waals surface area contributed by atoms with Crippen molar-refractivity contribution >= 4 is 35.6 Å². The molecule has 2 heterocycles. The average molecular weight is 673 g/mol. The first-order valence-electron chi connectivity index (χ1n) is 15.7. The number of halogens is 1. The zero-order chi connectivity index (χ0) is 33.1. The van der Waals surface area contributed by atoms with E-state index in [1.807, 2.05) is 6.92 Å². The van der Waals surface area contributed by atoms with Crippen LogP contribution in [-0.4, -0.2) is 98.9 Å². The number of aliphatic imine (C=N–C) groups is 1. The second kappa shape index (κ2) is 13.2. The summed E-state index contributed by atoms with van der Waals surface area (Å²) >= 11 is 0. The number of hydrogen-bond donors (Lipinski definition) is 4. The number of ketones is 3. The zero-order valence-corrected chi connectivity index (χ0v) is 27.6. The van der Waals surface area contributed by atoms with Crippen LogP contribution in [0.3, 0.4) is 0 Å². The number of aliphatic hydroxyl groups is 2. The van der Waals surface area contributed by atoms with Crippen molar-refractivity contribution in [2.75, 3.05) is 20.2 Å². The van der Waals surface area contributed by atoms with E-state index in [1.54, 1.807) is 6.92 Å². The number of aromatic hydroxyl groups is 2. The van der Waals surface area contributed by atoms with Crippen molar-refractivity contribution in [1.82, 2.24) is 4.90 Å². The van der Waals surface area contributed by atoms with Crippen LogP contribution in [0.4, 0.5) is 0 Å². The summed E-state index contributed by atoms with van der Waals surface area (Å²) in [6.45, 7) is 6.58. The molecule has 0 aromatic heterocycles. The highest BCUT2D eigenvalue weighted by atomic mass is 35.5. The minimum absolute atomic E-state index is 0. The van der Waals surface area contributed by atoms with Gasteiger partial charge in [-0.1, -0.05) is 12.1 Å². The SMILES string of the molecule is COc1cccc2c1C(=O)c1c(O)c3c(c(O)c1C2=O)CC(O)(C(C)=O)C[C@@H]3OC1C[C@@H](N=C(C)N2CCCCC2)C(O)C(C)O1.Cl. The Morgan fingerprint density at radius 1 is 1.04 bits per heavy atom. The number of rotatable bonds is 5. The monoisotopic (exact) mass is 672 g/mol. The fourth-order valence-electron chi connectivity index (χ4n) is 7.27. The number of fused-ring (bicyclic) bond motifs is 3. The summed E-state index contributed by atoms with van der Waals surface area (Å²) in [5, 5.41) is 45.7. The Balaban J connectivity index is 0.00000433. The molecule has 2 aliphatic carbocycles. The predicted octanol–water partition coefficient (Wildman–Crippen LogP) is 3.40. The molecule has 47 heavy (non-hydrogen) atoms. The fourth-order valence-corrected chi connectivity index (χ4v) is 7.27. The number of benzene rings is 2. The molecule has 6 rings (SSSR count). The van der Waals surface area contributed by atoms with E-state index >= 15 is 0 Å². The maximum absolute atomic E-state index is 13.9. The van der Waals surface area contributed by atoms with Gasteiger partial charge in [-0.05, 0) is 46.1 Å². The maximum Gasteiger partial charge on any atom is 0.202 e. The van der Waals surface area contributed by atoms with Gasteiger partial charge in [0.25, 0.3) is 0 Å². The third-order valence-electron chi connectivity index (χ3n) is 9.89. The molecule has 0 saturated carbocycles. The lowest BCUT2D eigenvalue weighted by Crippen LogP contribution is -2.49. The van der Waals surface area contributed by atoms with Gasteiger partial charge in [0.2, 0.25) is 5.78 Å². The Morgan fingerprint density at radius 3 is 2.38 bits per heavy atom. The van der Waals surface area contributed by atoms with E-state index in [9.17, 15) is 34.8 Å². The number of ether oxygens (including phenoxy) is 3. The lowest BCUT2D eigenvalue weighted by atomic mass is 9.72. The van der Waals surface area contributed by atoms with Crippen molar-refractivity contribution < 1.29 is 49.0 Å². The van der Waals surface area contributed by atoms with E-state index in [-0.39, 0.29) is 53.3 Å². The summed E-state index contributed by atoms with van der Waals surface area (Å²) in [6, 6.07) is 3.90. The molecule has 4 unspecified atom stereocenters. The van der Waals surface area contributed by atoms with Gasteiger partial charge in [0.15, 0.2) is 17.9 Å². The van der Waals surface area contributed by atoms with Crippen molar-refractivity contribution in [3.8, 4) is 17.2 Å². The first kappa shape index (κ1) is 34.8. The van der Waals surface area contributed by atoms with Gasteiger partial charge in [-0.25, -0.2) is 0 Å². The van der Waals surface area contributed by atoms with E-state index in [0.717, 1.165) is 38.2 Å². The number of amidine groups is 1. The van der Waals surface area contributed by atoms with Crippen LogP contribution in [0.2, 0.25) is 0 Å². The van der Waals surface area contributed by atoms with Gasteiger partial charge in [0.05, 0.1) is 47.9 Å². The van der Waals surface area contributed by atoms with Crippen molar-refractivity contribution in [3.63, 3.8) is 0 Å². The molecule has 0 spiro atoms. The lowest BCUT2D eigenvalue weighted by Gasteiger charge is -2.42. The molecule has 0 bridgehead atoms. The molecular weight excluding hydrogens is 632 g/mol. The van der Waals surface area contributed by atoms with Gasteiger partial charge in [0.1, 0.15) is 29.0 Å². The zero-order valence-electron chi connectivity index (χ0n) is 26.8. The Hall–Kier alpha value is -3.55. The number of likely N-dealkylation sites (tertiary alicyclic amines) is 1. The Labute approximate surface area is 278 Å². The highest BCUT2D eigenvalue weighted by Crippen LogP contribution is 2.52. The van der Waals surface area contributed by atoms with E-state index in [0.29, 0.717) is 0 Å². The fraction of sp³-hybridized carbons (Fsp3) is 0.529. The van der Waals surface area contributed by atoms with Gasteiger partial charge >= 0.3 is 0 Å². The summed E-state index contributed by atoms with van der Waals surface area (Å²) in [5.74, 6) is -2.31. The topological polar surface area (TPSA) is 175 Å². The van der Waals surface area contributed by atoms with Crippen molar-refractivity contribution in [2.45, 2.75) is 95.5 Å². The number of methoxy groups -OCH3 is 1. The Kier molecular flexibility index (Phi) is 9.74. The largest absolute Gasteiger partial charge is 0.507 e. The molecule has 2 aliphatic heterocycles. The highest BCUT2D eigenvalue weighted by Gasteiger charge is 2.49. The number of carbonyl (C=O) groups is 3. The minimum Gasteiger partial charge on any atom is -0.507 e. The first-order chi connectivity index (χ1) is 21.9. The summed E-state index contributed by atoms with van der Waals surface area (Å²) < 4.78 is 17.7. The van der Waals surface area contributed by atoms with Crippen molar-refractivity contribution in [3.05, 3.63) is 51.6 Å². The quantitative estimate of drug-likeness (QED) is 0.178. The summed E-state index contributed by atoms with van der Waals surface area (Å²) in [4.78, 5) is 47.3. The molecular formula is C34H41ClN2O10. The molecule has 12 nitrogen and oxygen atoms in total. The predicted molar refractivity (Wildman–Crippen MR) is 172 cm³/mol. The minimum atomic E-state index is -2.01. The number of hydrogen-bond acceptors (Lipinski definition) is 11. The van der Waals surface area contributed by atoms with E-state index in [2.05, 4.69) is 4.90 Å². The normalized spacial score (nSPS) is 28.9. The third kappa shape index (κ3) is 5.91. The lowest BCUT2D eigenvalue weighted by molar-refractivity contribution is -0.247. The number of Topliss-reactive ketones (excluding diaryl/α,β-unsaturated/α-hetero) is 1. The van der Waals surface area contributed by atoms with Crippen LogP contribution in [0.15, 0.2) is 23.2 Å². The number of carbonyl (C=O) groups excluding carboxylic acids is 3. The molecule has 4 aliphatic rings. The van der Waals surface area contributed by atoms with Crippen molar-refractivity contribution in [1.29, 1.82) is 0 Å². The van der Waals surface area contributed by atoms with Crippen LogP contribution < -0.4 is 4.74 Å². The van der Waals surface area contributed by atoms with Crippen LogP contribution in [0.5, 0.6) is 17.2 Å². The molecule has 2 aromatic carbocycles. The molecule has 6 atom stereocenters. The summed E-state index contributed by atoms with van der Waals surface area (Å²) in [6.07, 6.45) is -1.16. The second-order valence-electron chi connectivity index (χ2n) is 12.8. The van der Waals surface area contributed by atoms with Crippen LogP contribution >= 0.6 is 12.4 Å². The molecule has 0 amide bonds. The van der Waals surface area contributed by atoms with Gasteiger partial charge < -0.3 is 39.5 Å². The van der Waals surface area contributed by atoms with Crippen LogP contribution in [0.1, 0.15) is 102 Å². The second-order valence-corrected chi connectivity index (χ2v) is 12.8. The number of aliphatic hydroxyl groups excluding tert-OH is 1. The molecule has 2 fully saturated rings. The van der Waals surface area contributed by atoms with E-state index in [1.165, 1.54) is 32.2 Å². The summed E-state index contributed by atoms with van der Waals surface area (Å²) in [7, 11) is 1.35. The maximum atomic E-state index is 13.9. The van der Waals surface area contributed by atoms with Gasteiger partial charge in [-0.3, -0.25) is 19.4 Å². The van der Waals surface area contributed by atoms with E-state index < -0.39 is 82.6 Å². The van der Waals surface area contributed by atoms with Gasteiger partial charge in [-0.15, -0.1) is 12.4 Å². The summed E-state index contributed by atoms with van der Waals surface area (Å²) in [5.41, 5.74) is -2.98. The Morgan fingerprint density at radius 2 is 1.72 bits per heavy atom. The smallest absolute Gasteiger partial charge is 0.202 e. The average Bonchev–Trinajstić information content (AvgIpc) is 3.03. The van der Waals surface area contributed by atoms with Crippen molar-refractivity contribution in [2.24, 2.45) is 4.99 Å². The van der Waals surface area contributed by atoms with E-state index in [4.69, 9.17) is 19.2 Å². The third-order valence-corrected chi connectivity index (χ3v) is 9.89. The molecule has 13 heteroatoms. The number of nitrogens with zero attached hydrogens (tertiary/aromatic N) is 2. The number of phenolic OH excluding ortho intramolecular Hbond substituents is 2. The van der Waals surface area contributed by atoms with Gasteiger partial charge in [-0.2, -0.15) is 0 Å². The number of phenols is 2. The Bertz CT molecular complexity index is 1640. The molecule has 2 saturated heterocycles. The highest BCUT2D eigenvalue weighted by molar-refractivity contribution is 6.31. The van der Waals surface area contributed by atoms with Crippen LogP contribution in [0.25, 0.3) is 0 Å². The molecule has 0 radical (unpaired) electrons. The standard InChI is InChI=1S/C34H40N2O10.ClH/c1-16-29(38)21(35-18(3)36-11-6-5-7-12-36)13-24(45-16)46-23-15-34(43,17(2)37)14-20-26(23)33(42)28-27(31(20)40)30(39)19-9-8-10-22(44-4)25(19)32(28)41;/h8-10,16,21,23-24,29,38,40,42-43H,5-7,11-15H2,1-4H3;1H/t16?,21-,23+,24?,29?,34?;/m1./s1. The van der Waals surface area contributed by atoms with Crippen LogP contribution in [0, 0.1) is 0 Å². The molecule has 254 valence electrons. The van der Waals surface area contributed by atoms with Gasteiger partial charge in [0, 0.05) is 49.0 Å². The number of piperidine rings is 1. The molecule has 2 aromatic rings. The molecule has 4 N–H and O–H groups in total. The van der Waals surface area contributed by atoms with Crippen LogP contribution in [-0.2, 0) is 20.7 Å².